The van der Waals surface area contributed by atoms with E-state index < -0.39 is 43.9 Å². The van der Waals surface area contributed by atoms with Crippen molar-refractivity contribution in [1.29, 1.82) is 0 Å². The van der Waals surface area contributed by atoms with Gasteiger partial charge in [-0.05, 0) is 0 Å². The average Bonchev–Trinajstić information content (AvgIpc) is 3.41. The Morgan fingerprint density at radius 1 is 0.182 bits per heavy atom. The van der Waals surface area contributed by atoms with E-state index >= 15 is 0 Å². The Kier molecular flexibility index (Phi) is 61.2. The van der Waals surface area contributed by atoms with Crippen molar-refractivity contribution in [2.24, 2.45) is 0 Å². The molecule has 0 aliphatic heterocycles. The van der Waals surface area contributed by atoms with Crippen LogP contribution in [0.5, 0.6) is 0 Å². The summed E-state index contributed by atoms with van der Waals surface area (Å²) in [5, 5.41) is 0. The Labute approximate surface area is 485 Å². The zero-order valence-corrected chi connectivity index (χ0v) is 55.0. The molecular weight excluding hydrogens is 1060 g/mol. The fraction of sp³-hybridized carbons (Fsp3) is 0.941. The van der Waals surface area contributed by atoms with Gasteiger partial charge in [0.1, 0.15) is 0 Å². The van der Waals surface area contributed by atoms with Crippen molar-refractivity contribution in [1.82, 2.24) is 0 Å². The van der Waals surface area contributed by atoms with Crippen molar-refractivity contribution in [3.63, 3.8) is 0 Å². The van der Waals surface area contributed by atoms with E-state index in [2.05, 4.69) is 27.7 Å². The molecule has 0 saturated carbocycles. The number of hydrogen-bond acceptors (Lipinski definition) is 8. The Bertz CT molecular complexity index is 1070. The van der Waals surface area contributed by atoms with E-state index in [-0.39, 0.29) is 25.7 Å². The SMILES string of the molecule is CCCCCCCCCCCCCCCCC(=O)[O][Sn]([O]C(=O)CCCCCCCCCCCCCCCC)([O]C(=O)CCCCCCCCCCCCCCCC)[O]C(=O)CCCCCCCCCCCCCCCC. The maximum absolute atomic E-state index is 13.7. The molecule has 0 aliphatic carbocycles. The average molecular weight is 1200 g/mol. The minimum atomic E-state index is -5.91. The number of carbonyl (C=O) groups excluding carboxylic acids is 4. The van der Waals surface area contributed by atoms with Crippen molar-refractivity contribution >= 4 is 43.9 Å². The monoisotopic (exact) mass is 1200 g/mol. The first-order valence-corrected chi connectivity index (χ1v) is 39.4. The topological polar surface area (TPSA) is 105 Å². The van der Waals surface area contributed by atoms with Crippen molar-refractivity contribution in [3.8, 4) is 0 Å². The van der Waals surface area contributed by atoms with Crippen molar-refractivity contribution in [2.45, 2.75) is 413 Å². The molecule has 0 rings (SSSR count). The molecule has 8 nitrogen and oxygen atoms in total. The summed E-state index contributed by atoms with van der Waals surface area (Å²) in [6, 6.07) is 0. The van der Waals surface area contributed by atoms with Crippen LogP contribution in [-0.2, 0) is 31.5 Å². The van der Waals surface area contributed by atoms with E-state index in [1.165, 1.54) is 257 Å². The third-order valence-electron chi connectivity index (χ3n) is 15.9. The van der Waals surface area contributed by atoms with E-state index in [4.69, 9.17) is 12.3 Å². The minimum absolute atomic E-state index is 0.0974. The third kappa shape index (κ3) is 57.7. The van der Waals surface area contributed by atoms with Crippen molar-refractivity contribution < 1.29 is 31.5 Å². The maximum atomic E-state index is 13.7. The second-order valence-electron chi connectivity index (χ2n) is 23.8. The number of hydrogen-bond donors (Lipinski definition) is 0. The summed E-state index contributed by atoms with van der Waals surface area (Å²) in [7, 11) is 0. The Hall–Kier alpha value is -1.32. The molecule has 9 heteroatoms. The van der Waals surface area contributed by atoms with Gasteiger partial charge in [0, 0.05) is 0 Å². The number of carbonyl (C=O) groups is 4. The van der Waals surface area contributed by atoms with Crippen LogP contribution >= 0.6 is 0 Å². The zero-order valence-electron chi connectivity index (χ0n) is 52.2. The first kappa shape index (κ1) is 75.7. The Balaban J connectivity index is 5.45. The van der Waals surface area contributed by atoms with Crippen LogP contribution in [0.4, 0.5) is 0 Å². The molecule has 0 N–H and O–H groups in total. The summed E-state index contributed by atoms with van der Waals surface area (Å²) in [5.41, 5.74) is 0. The van der Waals surface area contributed by atoms with E-state index in [9.17, 15) is 19.2 Å². The van der Waals surface area contributed by atoms with Crippen LogP contribution in [0.1, 0.15) is 413 Å². The summed E-state index contributed by atoms with van der Waals surface area (Å²) in [5.74, 6) is -2.45. The van der Waals surface area contributed by atoms with E-state index in [1.807, 2.05) is 0 Å². The second-order valence-corrected chi connectivity index (χ2v) is 29.0. The number of rotatable bonds is 64. The third-order valence-corrected chi connectivity index (χ3v) is 21.3. The van der Waals surface area contributed by atoms with Gasteiger partial charge in [-0.3, -0.25) is 0 Å². The molecule has 0 radical (unpaired) electrons. The van der Waals surface area contributed by atoms with Crippen LogP contribution in [0.2, 0.25) is 0 Å². The van der Waals surface area contributed by atoms with E-state index in [0.717, 1.165) is 77.0 Å². The van der Waals surface area contributed by atoms with Gasteiger partial charge in [-0.1, -0.05) is 156 Å². The molecule has 456 valence electrons. The van der Waals surface area contributed by atoms with Crippen LogP contribution in [-0.4, -0.2) is 43.9 Å². The predicted molar refractivity (Wildman–Crippen MR) is 330 cm³/mol. The molecule has 0 aromatic rings. The van der Waals surface area contributed by atoms with E-state index in [1.54, 1.807) is 0 Å². The normalized spacial score (nSPS) is 11.6. The molecule has 0 aromatic carbocycles. The molecule has 0 unspecified atom stereocenters. The predicted octanol–water partition coefficient (Wildman–Crippen LogP) is 23.1. The van der Waals surface area contributed by atoms with Gasteiger partial charge >= 0.3 is 332 Å². The van der Waals surface area contributed by atoms with Gasteiger partial charge in [0.2, 0.25) is 0 Å². The summed E-state index contributed by atoms with van der Waals surface area (Å²) in [6.45, 7) is 9.07. The van der Waals surface area contributed by atoms with Crippen LogP contribution in [0, 0.1) is 0 Å². The summed E-state index contributed by atoms with van der Waals surface area (Å²) < 4.78 is 23.9. The minimum Gasteiger partial charge on any atom is -0.0654 e. The van der Waals surface area contributed by atoms with Crippen LogP contribution in [0.3, 0.4) is 0 Å². The van der Waals surface area contributed by atoms with Crippen molar-refractivity contribution in [2.75, 3.05) is 0 Å². The van der Waals surface area contributed by atoms with Crippen LogP contribution in [0.25, 0.3) is 0 Å². The zero-order chi connectivity index (χ0) is 56.1. The van der Waals surface area contributed by atoms with Gasteiger partial charge in [-0.25, -0.2) is 0 Å². The van der Waals surface area contributed by atoms with E-state index in [0.29, 0.717) is 25.7 Å². The molecule has 0 amide bonds. The van der Waals surface area contributed by atoms with Gasteiger partial charge in [0.05, 0.1) is 0 Å². The summed E-state index contributed by atoms with van der Waals surface area (Å²) in [4.78, 5) is 54.7. The Morgan fingerprint density at radius 3 is 0.403 bits per heavy atom. The number of unbranched alkanes of at least 4 members (excludes halogenated alkanes) is 52. The fourth-order valence-electron chi connectivity index (χ4n) is 10.7. The smallest absolute Gasteiger partial charge is 0.0654 e. The van der Waals surface area contributed by atoms with Crippen LogP contribution in [0.15, 0.2) is 0 Å². The standard InChI is InChI=1S/4C17H34O2.Sn/c4*1-2-3-4-5-6-7-8-9-10-11-12-13-14-15-16-17(18)19;/h4*2-16H2,1H3,(H,18,19);/q;;;;+4/p-4. The summed E-state index contributed by atoms with van der Waals surface area (Å²) in [6.07, 6.45) is 67.8. The molecule has 0 saturated heterocycles. The molecule has 77 heavy (non-hydrogen) atoms. The van der Waals surface area contributed by atoms with Gasteiger partial charge in [0.15, 0.2) is 0 Å². The van der Waals surface area contributed by atoms with Crippen molar-refractivity contribution in [3.05, 3.63) is 0 Å². The van der Waals surface area contributed by atoms with Gasteiger partial charge < -0.3 is 0 Å². The van der Waals surface area contributed by atoms with Gasteiger partial charge in [0.25, 0.3) is 0 Å². The molecule has 0 spiro atoms. The van der Waals surface area contributed by atoms with Crippen LogP contribution < -0.4 is 0 Å². The Morgan fingerprint density at radius 2 is 0.286 bits per heavy atom. The molecule has 0 aliphatic rings. The molecule has 0 heterocycles. The molecule has 0 atom stereocenters. The van der Waals surface area contributed by atoms with Gasteiger partial charge in [-0.15, -0.1) is 0 Å². The molecule has 0 bridgehead atoms. The molecular formula is C68H132O8Sn. The summed E-state index contributed by atoms with van der Waals surface area (Å²) >= 11 is -5.91. The second kappa shape index (κ2) is 62.3. The molecule has 0 aromatic heterocycles. The van der Waals surface area contributed by atoms with Gasteiger partial charge in [-0.2, -0.15) is 0 Å². The fourth-order valence-corrected chi connectivity index (χ4v) is 15.8. The first-order valence-electron chi connectivity index (χ1n) is 34.7. The first-order chi connectivity index (χ1) is 37.8. The molecule has 0 fully saturated rings. The quantitative estimate of drug-likeness (QED) is 0.0438.